The molecule has 2 rings (SSSR count). The lowest BCUT2D eigenvalue weighted by atomic mass is 10.0. The first-order valence-electron chi connectivity index (χ1n) is 7.55. The maximum atomic E-state index is 13.8. The number of hydrogen-bond acceptors (Lipinski definition) is 1. The maximum absolute atomic E-state index is 13.8. The van der Waals surface area contributed by atoms with Crippen LogP contribution in [0.3, 0.4) is 0 Å². The average molecular weight is 293 g/mol. The van der Waals surface area contributed by atoms with E-state index >= 15 is 0 Å². The number of fused-ring (bicyclic) bond motifs is 1. The summed E-state index contributed by atoms with van der Waals surface area (Å²) in [5.74, 6) is -1.47. The first kappa shape index (κ1) is 15.7. The van der Waals surface area contributed by atoms with Crippen LogP contribution in [0.25, 0.3) is 10.9 Å². The molecule has 0 atom stereocenters. The number of aryl methyl sites for hydroxylation is 1. The highest BCUT2D eigenvalue weighted by atomic mass is 19.1. The molecule has 0 saturated carbocycles. The van der Waals surface area contributed by atoms with E-state index < -0.39 is 11.6 Å². The topological polar surface area (TPSA) is 32.9 Å². The van der Waals surface area contributed by atoms with Gasteiger partial charge in [0, 0.05) is 17.3 Å². The second-order valence-corrected chi connectivity index (χ2v) is 5.53. The Morgan fingerprint density at radius 1 is 1.10 bits per heavy atom. The van der Waals surface area contributed by atoms with Crippen LogP contribution in [0, 0.1) is 18.6 Å². The van der Waals surface area contributed by atoms with Gasteiger partial charge in [0.15, 0.2) is 5.43 Å². The number of benzene rings is 1. The van der Waals surface area contributed by atoms with Gasteiger partial charge >= 0.3 is 0 Å². The Kier molecular flexibility index (Phi) is 5.10. The van der Waals surface area contributed by atoms with Gasteiger partial charge in [-0.15, -0.1) is 0 Å². The van der Waals surface area contributed by atoms with Crippen LogP contribution in [-0.4, -0.2) is 4.98 Å². The Morgan fingerprint density at radius 3 is 2.52 bits per heavy atom. The number of nitrogens with one attached hydrogen (secondary N) is 1. The Hall–Kier alpha value is -1.71. The molecule has 0 bridgehead atoms. The van der Waals surface area contributed by atoms with Gasteiger partial charge in [-0.25, -0.2) is 8.78 Å². The van der Waals surface area contributed by atoms with Gasteiger partial charge in [-0.2, -0.15) is 0 Å². The van der Waals surface area contributed by atoms with Crippen molar-refractivity contribution in [1.82, 2.24) is 4.98 Å². The van der Waals surface area contributed by atoms with Crippen molar-refractivity contribution in [3.8, 4) is 0 Å². The largest absolute Gasteiger partial charge is 0.358 e. The summed E-state index contributed by atoms with van der Waals surface area (Å²) in [5.41, 5.74) is 1.23. The van der Waals surface area contributed by atoms with E-state index in [4.69, 9.17) is 0 Å². The van der Waals surface area contributed by atoms with Crippen molar-refractivity contribution >= 4 is 10.9 Å². The number of aromatic nitrogens is 1. The standard InChI is InChI=1S/C17H21F2NO/c1-3-4-5-6-7-8-13-11(2)20-15-10-12(18)9-14(19)16(15)17(13)21/h9-10H,3-8H2,1-2H3,(H,20,21). The first-order chi connectivity index (χ1) is 10.0. The second-order valence-electron chi connectivity index (χ2n) is 5.53. The van der Waals surface area contributed by atoms with E-state index in [-0.39, 0.29) is 16.3 Å². The zero-order valence-electron chi connectivity index (χ0n) is 12.6. The predicted molar refractivity (Wildman–Crippen MR) is 81.7 cm³/mol. The third-order valence-electron chi connectivity index (χ3n) is 3.86. The summed E-state index contributed by atoms with van der Waals surface area (Å²) < 4.78 is 27.1. The normalized spacial score (nSPS) is 11.2. The van der Waals surface area contributed by atoms with Crippen molar-refractivity contribution in [2.24, 2.45) is 0 Å². The third-order valence-corrected chi connectivity index (χ3v) is 3.86. The van der Waals surface area contributed by atoms with Gasteiger partial charge in [0.05, 0.1) is 10.9 Å². The van der Waals surface area contributed by atoms with Gasteiger partial charge in [0.1, 0.15) is 11.6 Å². The van der Waals surface area contributed by atoms with E-state index in [1.807, 2.05) is 0 Å². The molecule has 1 aromatic carbocycles. The van der Waals surface area contributed by atoms with Gasteiger partial charge in [-0.3, -0.25) is 4.79 Å². The summed E-state index contributed by atoms with van der Waals surface area (Å²) in [7, 11) is 0. The zero-order chi connectivity index (χ0) is 15.4. The minimum atomic E-state index is -0.793. The molecular weight excluding hydrogens is 272 g/mol. The molecule has 1 aromatic heterocycles. The van der Waals surface area contributed by atoms with Crippen molar-refractivity contribution < 1.29 is 8.78 Å². The first-order valence-corrected chi connectivity index (χ1v) is 7.55. The minimum Gasteiger partial charge on any atom is -0.358 e. The average Bonchev–Trinajstić information content (AvgIpc) is 2.40. The van der Waals surface area contributed by atoms with Gasteiger partial charge in [0.25, 0.3) is 0 Å². The molecule has 0 fully saturated rings. The summed E-state index contributed by atoms with van der Waals surface area (Å²) in [6, 6.07) is 1.93. The van der Waals surface area contributed by atoms with Crippen molar-refractivity contribution in [3.63, 3.8) is 0 Å². The molecule has 0 aliphatic heterocycles. The molecule has 1 heterocycles. The number of rotatable bonds is 6. The zero-order valence-corrected chi connectivity index (χ0v) is 12.6. The van der Waals surface area contributed by atoms with Crippen molar-refractivity contribution in [2.75, 3.05) is 0 Å². The fraction of sp³-hybridized carbons (Fsp3) is 0.471. The molecular formula is C17H21F2NO. The van der Waals surface area contributed by atoms with E-state index in [2.05, 4.69) is 11.9 Å². The van der Waals surface area contributed by atoms with Crippen LogP contribution in [0.5, 0.6) is 0 Å². The van der Waals surface area contributed by atoms with Gasteiger partial charge in [-0.1, -0.05) is 32.6 Å². The van der Waals surface area contributed by atoms with Crippen LogP contribution in [0.4, 0.5) is 8.78 Å². The van der Waals surface area contributed by atoms with Crippen molar-refractivity contribution in [2.45, 2.75) is 52.4 Å². The Morgan fingerprint density at radius 2 is 1.81 bits per heavy atom. The molecule has 0 saturated heterocycles. The highest BCUT2D eigenvalue weighted by Gasteiger charge is 2.13. The molecule has 114 valence electrons. The Bertz CT molecular complexity index is 691. The molecule has 1 N–H and O–H groups in total. The van der Waals surface area contributed by atoms with Gasteiger partial charge < -0.3 is 4.98 Å². The lowest BCUT2D eigenvalue weighted by molar-refractivity contribution is 0.590. The predicted octanol–water partition coefficient (Wildman–Crippen LogP) is 4.63. The van der Waals surface area contributed by atoms with Gasteiger partial charge in [-0.05, 0) is 25.8 Å². The quantitative estimate of drug-likeness (QED) is 0.774. The summed E-state index contributed by atoms with van der Waals surface area (Å²) >= 11 is 0. The summed E-state index contributed by atoms with van der Waals surface area (Å²) in [5, 5.41) is -0.0365. The molecule has 2 nitrogen and oxygen atoms in total. The van der Waals surface area contributed by atoms with E-state index in [0.29, 0.717) is 17.7 Å². The van der Waals surface area contributed by atoms with Crippen LogP contribution >= 0.6 is 0 Å². The monoisotopic (exact) mass is 293 g/mol. The van der Waals surface area contributed by atoms with E-state index in [1.54, 1.807) is 6.92 Å². The van der Waals surface area contributed by atoms with Crippen LogP contribution in [0.2, 0.25) is 0 Å². The van der Waals surface area contributed by atoms with Gasteiger partial charge in [0.2, 0.25) is 0 Å². The second kappa shape index (κ2) is 6.83. The fourth-order valence-electron chi connectivity index (χ4n) is 2.71. The highest BCUT2D eigenvalue weighted by Crippen LogP contribution is 2.18. The molecule has 0 aliphatic rings. The van der Waals surface area contributed by atoms with Crippen molar-refractivity contribution in [1.29, 1.82) is 0 Å². The molecule has 2 aromatic rings. The molecule has 0 unspecified atom stereocenters. The van der Waals surface area contributed by atoms with Crippen LogP contribution < -0.4 is 5.43 Å². The van der Waals surface area contributed by atoms with Crippen LogP contribution in [0.15, 0.2) is 16.9 Å². The number of hydrogen-bond donors (Lipinski definition) is 1. The lowest BCUT2D eigenvalue weighted by Gasteiger charge is -2.09. The van der Waals surface area contributed by atoms with Crippen LogP contribution in [-0.2, 0) is 6.42 Å². The van der Waals surface area contributed by atoms with E-state index in [9.17, 15) is 13.6 Å². The van der Waals surface area contributed by atoms with E-state index in [0.717, 1.165) is 31.4 Å². The molecule has 21 heavy (non-hydrogen) atoms. The molecule has 0 aliphatic carbocycles. The number of pyridine rings is 1. The van der Waals surface area contributed by atoms with Crippen LogP contribution in [0.1, 0.15) is 50.3 Å². The number of aromatic amines is 1. The Labute approximate surface area is 123 Å². The summed E-state index contributed by atoms with van der Waals surface area (Å²) in [6.07, 6.45) is 6.14. The molecule has 0 amide bonds. The number of unbranched alkanes of at least 4 members (excludes halogenated alkanes) is 4. The number of halogens is 2. The highest BCUT2D eigenvalue weighted by molar-refractivity contribution is 5.80. The summed E-state index contributed by atoms with van der Waals surface area (Å²) in [4.78, 5) is 15.4. The minimum absolute atomic E-state index is 0.0365. The molecule has 4 heteroatoms. The Balaban J connectivity index is 2.30. The molecule has 0 radical (unpaired) electrons. The summed E-state index contributed by atoms with van der Waals surface area (Å²) in [6.45, 7) is 3.94. The molecule has 0 spiro atoms. The number of H-pyrrole nitrogens is 1. The smallest absolute Gasteiger partial charge is 0.195 e. The lowest BCUT2D eigenvalue weighted by Crippen LogP contribution is -2.15. The SMILES string of the molecule is CCCCCCCc1c(C)[nH]c2cc(F)cc(F)c2c1=O. The third kappa shape index (κ3) is 3.49. The van der Waals surface area contributed by atoms with E-state index in [1.165, 1.54) is 12.8 Å². The van der Waals surface area contributed by atoms with Crippen molar-refractivity contribution in [3.05, 3.63) is 45.2 Å². The maximum Gasteiger partial charge on any atom is 0.195 e. The fourth-order valence-corrected chi connectivity index (χ4v) is 2.71.